The Hall–Kier alpha value is -1.88. The van der Waals surface area contributed by atoms with Gasteiger partial charge in [0.25, 0.3) is 5.91 Å². The summed E-state index contributed by atoms with van der Waals surface area (Å²) in [6.45, 7) is 1.35. The van der Waals surface area contributed by atoms with Crippen molar-refractivity contribution in [3.05, 3.63) is 53.3 Å². The number of nitrogens with zero attached hydrogens (tertiary/aromatic N) is 2. The zero-order valence-electron chi connectivity index (χ0n) is 10.9. The van der Waals surface area contributed by atoms with E-state index in [0.717, 1.165) is 19.4 Å². The summed E-state index contributed by atoms with van der Waals surface area (Å²) in [7, 11) is 0. The van der Waals surface area contributed by atoms with Crippen LogP contribution < -0.4 is 5.32 Å². The van der Waals surface area contributed by atoms with Gasteiger partial charge in [0.05, 0.1) is 11.9 Å². The van der Waals surface area contributed by atoms with Crippen LogP contribution in [0.4, 0.5) is 4.39 Å². The third-order valence-corrected chi connectivity index (χ3v) is 3.10. The van der Waals surface area contributed by atoms with Crippen molar-refractivity contribution in [2.45, 2.75) is 19.4 Å². The molecule has 1 heterocycles. The normalized spacial score (nSPS) is 10.5. The molecule has 106 valence electrons. The van der Waals surface area contributed by atoms with Gasteiger partial charge in [0.1, 0.15) is 5.82 Å². The van der Waals surface area contributed by atoms with E-state index in [1.165, 1.54) is 18.2 Å². The van der Waals surface area contributed by atoms with Crippen molar-refractivity contribution in [2.24, 2.45) is 0 Å². The predicted octanol–water partition coefficient (Wildman–Crippen LogP) is 2.89. The highest BCUT2D eigenvalue weighted by atomic mass is 35.5. The molecule has 0 aliphatic rings. The molecule has 0 aliphatic carbocycles. The Balaban J connectivity index is 1.73. The van der Waals surface area contributed by atoms with Crippen molar-refractivity contribution in [3.8, 4) is 0 Å². The second kappa shape index (κ2) is 7.05. The molecule has 0 saturated heterocycles. The third kappa shape index (κ3) is 4.06. The maximum absolute atomic E-state index is 13.5. The lowest BCUT2D eigenvalue weighted by atomic mass is 10.2. The molecule has 1 N–H and O–H groups in total. The SMILES string of the molecule is O=C(NCCCCn1ccnc1)c1cc(Cl)ccc1F. The van der Waals surface area contributed by atoms with Crippen molar-refractivity contribution < 1.29 is 9.18 Å². The van der Waals surface area contributed by atoms with Crippen LogP contribution in [-0.2, 0) is 6.54 Å². The van der Waals surface area contributed by atoms with Gasteiger partial charge in [-0.05, 0) is 31.0 Å². The van der Waals surface area contributed by atoms with Gasteiger partial charge in [0, 0.05) is 30.5 Å². The molecule has 6 heteroatoms. The van der Waals surface area contributed by atoms with E-state index in [9.17, 15) is 9.18 Å². The van der Waals surface area contributed by atoms with E-state index >= 15 is 0 Å². The van der Waals surface area contributed by atoms with Gasteiger partial charge < -0.3 is 9.88 Å². The number of unbranched alkanes of at least 4 members (excludes halogenated alkanes) is 1. The molecule has 0 aliphatic heterocycles. The summed E-state index contributed by atoms with van der Waals surface area (Å²) >= 11 is 5.75. The third-order valence-electron chi connectivity index (χ3n) is 2.86. The van der Waals surface area contributed by atoms with E-state index in [0.29, 0.717) is 11.6 Å². The fourth-order valence-electron chi connectivity index (χ4n) is 1.81. The van der Waals surface area contributed by atoms with E-state index in [4.69, 9.17) is 11.6 Å². The first kappa shape index (κ1) is 14.5. The van der Waals surface area contributed by atoms with Crippen LogP contribution >= 0.6 is 11.6 Å². The van der Waals surface area contributed by atoms with Crippen LogP contribution in [0.2, 0.25) is 5.02 Å². The molecular formula is C14H15ClFN3O. The fraction of sp³-hybridized carbons (Fsp3) is 0.286. The summed E-state index contributed by atoms with van der Waals surface area (Å²) in [6.07, 6.45) is 7.09. The number of benzene rings is 1. The van der Waals surface area contributed by atoms with Crippen molar-refractivity contribution in [1.29, 1.82) is 0 Å². The Labute approximate surface area is 121 Å². The Bertz CT molecular complexity index is 572. The Morgan fingerprint density at radius 2 is 2.25 bits per heavy atom. The Morgan fingerprint density at radius 1 is 1.40 bits per heavy atom. The van der Waals surface area contributed by atoms with Crippen LogP contribution in [-0.4, -0.2) is 22.0 Å². The molecule has 2 rings (SSSR count). The highest BCUT2D eigenvalue weighted by Gasteiger charge is 2.11. The molecule has 2 aromatic rings. The van der Waals surface area contributed by atoms with E-state index in [2.05, 4.69) is 10.3 Å². The largest absolute Gasteiger partial charge is 0.352 e. The van der Waals surface area contributed by atoms with Crippen molar-refractivity contribution in [1.82, 2.24) is 14.9 Å². The van der Waals surface area contributed by atoms with Crippen LogP contribution in [0.1, 0.15) is 23.2 Å². The lowest BCUT2D eigenvalue weighted by Crippen LogP contribution is -2.25. The van der Waals surface area contributed by atoms with E-state index in [-0.39, 0.29) is 5.56 Å². The molecule has 0 unspecified atom stereocenters. The van der Waals surface area contributed by atoms with E-state index in [1.807, 2.05) is 10.8 Å². The zero-order chi connectivity index (χ0) is 14.4. The van der Waals surface area contributed by atoms with Crippen LogP contribution in [0, 0.1) is 5.82 Å². The van der Waals surface area contributed by atoms with Gasteiger partial charge in [-0.2, -0.15) is 0 Å². The average Bonchev–Trinajstić information content (AvgIpc) is 2.94. The molecule has 1 aromatic carbocycles. The molecular weight excluding hydrogens is 281 g/mol. The minimum absolute atomic E-state index is 0.0212. The molecule has 0 fully saturated rings. The molecule has 20 heavy (non-hydrogen) atoms. The second-order valence-corrected chi connectivity index (χ2v) is 4.82. The number of rotatable bonds is 6. The summed E-state index contributed by atoms with van der Waals surface area (Å²) in [4.78, 5) is 15.7. The first-order chi connectivity index (χ1) is 9.66. The number of imidazole rings is 1. The summed E-state index contributed by atoms with van der Waals surface area (Å²) in [5.74, 6) is -1.00. The minimum atomic E-state index is -0.565. The highest BCUT2D eigenvalue weighted by Crippen LogP contribution is 2.14. The number of amides is 1. The molecule has 1 aromatic heterocycles. The number of hydrogen-bond donors (Lipinski definition) is 1. The molecule has 0 atom stereocenters. The summed E-state index contributed by atoms with van der Waals surface area (Å²) in [5, 5.41) is 3.03. The van der Waals surface area contributed by atoms with Gasteiger partial charge in [0.15, 0.2) is 0 Å². The smallest absolute Gasteiger partial charge is 0.254 e. The van der Waals surface area contributed by atoms with Gasteiger partial charge in [-0.3, -0.25) is 4.79 Å². The minimum Gasteiger partial charge on any atom is -0.352 e. The van der Waals surface area contributed by atoms with Crippen LogP contribution in [0.5, 0.6) is 0 Å². The van der Waals surface area contributed by atoms with Gasteiger partial charge in [-0.15, -0.1) is 0 Å². The van der Waals surface area contributed by atoms with Gasteiger partial charge in [-0.25, -0.2) is 9.37 Å². The highest BCUT2D eigenvalue weighted by molar-refractivity contribution is 6.30. The maximum atomic E-state index is 13.5. The number of carbonyl (C=O) groups excluding carboxylic acids is 1. The number of nitrogens with one attached hydrogen (secondary N) is 1. The Kier molecular flexibility index (Phi) is 5.12. The van der Waals surface area contributed by atoms with Crippen LogP contribution in [0.15, 0.2) is 36.9 Å². The molecule has 0 bridgehead atoms. The maximum Gasteiger partial charge on any atom is 0.254 e. The van der Waals surface area contributed by atoms with Gasteiger partial charge >= 0.3 is 0 Å². The van der Waals surface area contributed by atoms with E-state index < -0.39 is 11.7 Å². The predicted molar refractivity (Wildman–Crippen MR) is 75.2 cm³/mol. The molecule has 0 spiro atoms. The molecule has 0 saturated carbocycles. The van der Waals surface area contributed by atoms with Crippen molar-refractivity contribution >= 4 is 17.5 Å². The summed E-state index contributed by atoms with van der Waals surface area (Å²) in [6, 6.07) is 3.94. The number of halogens is 2. The fourth-order valence-corrected chi connectivity index (χ4v) is 1.98. The van der Waals surface area contributed by atoms with Gasteiger partial charge in [0.2, 0.25) is 0 Å². The van der Waals surface area contributed by atoms with Crippen LogP contribution in [0.25, 0.3) is 0 Å². The zero-order valence-corrected chi connectivity index (χ0v) is 11.6. The van der Waals surface area contributed by atoms with Crippen LogP contribution in [0.3, 0.4) is 0 Å². The Morgan fingerprint density at radius 3 is 3.00 bits per heavy atom. The monoisotopic (exact) mass is 295 g/mol. The quantitative estimate of drug-likeness (QED) is 0.833. The summed E-state index contributed by atoms with van der Waals surface area (Å²) in [5.41, 5.74) is -0.0212. The molecule has 4 nitrogen and oxygen atoms in total. The van der Waals surface area contributed by atoms with Crippen molar-refractivity contribution in [3.63, 3.8) is 0 Å². The second-order valence-electron chi connectivity index (χ2n) is 4.39. The lowest BCUT2D eigenvalue weighted by molar-refractivity contribution is 0.0949. The first-order valence-corrected chi connectivity index (χ1v) is 6.73. The standard InChI is InChI=1S/C14H15ClFN3O/c15-11-3-4-13(16)12(9-11)14(20)18-5-1-2-7-19-8-6-17-10-19/h3-4,6,8-10H,1-2,5,7H2,(H,18,20). The average molecular weight is 296 g/mol. The molecule has 1 amide bonds. The van der Waals surface area contributed by atoms with E-state index in [1.54, 1.807) is 12.5 Å². The number of carbonyl (C=O) groups is 1. The summed E-state index contributed by atoms with van der Waals surface area (Å²) < 4.78 is 15.4. The molecule has 0 radical (unpaired) electrons. The number of aryl methyl sites for hydroxylation is 1. The number of hydrogen-bond acceptors (Lipinski definition) is 2. The number of aromatic nitrogens is 2. The lowest BCUT2D eigenvalue weighted by Gasteiger charge is -2.07. The van der Waals surface area contributed by atoms with Gasteiger partial charge in [-0.1, -0.05) is 11.6 Å². The van der Waals surface area contributed by atoms with Crippen molar-refractivity contribution in [2.75, 3.05) is 6.54 Å². The topological polar surface area (TPSA) is 46.9 Å². The first-order valence-electron chi connectivity index (χ1n) is 6.36.